The molecule has 2 fully saturated rings. The van der Waals surface area contributed by atoms with Crippen LogP contribution in [0.15, 0.2) is 4.90 Å². The number of nitrogens with one attached hydrogen (secondary N) is 1. The Labute approximate surface area is 198 Å². The van der Waals surface area contributed by atoms with Gasteiger partial charge in [-0.25, -0.2) is 13.2 Å². The number of carbonyl (C=O) groups is 2. The quantitative estimate of drug-likeness (QED) is 0.602. The summed E-state index contributed by atoms with van der Waals surface area (Å²) < 4.78 is 36.0. The highest BCUT2D eigenvalue weighted by molar-refractivity contribution is 7.89. The molecule has 186 valence electrons. The third kappa shape index (κ3) is 5.29. The number of aromatic nitrogens is 1. The minimum Gasteiger partial charge on any atom is -0.462 e. The molecule has 0 spiro atoms. The van der Waals surface area contributed by atoms with E-state index in [9.17, 15) is 18.0 Å². The van der Waals surface area contributed by atoms with Crippen LogP contribution in [0.4, 0.5) is 0 Å². The van der Waals surface area contributed by atoms with E-state index in [2.05, 4.69) is 12.2 Å². The van der Waals surface area contributed by atoms with Crippen molar-refractivity contribution in [3.63, 3.8) is 0 Å². The molecule has 1 aromatic rings. The van der Waals surface area contributed by atoms with E-state index >= 15 is 0 Å². The van der Waals surface area contributed by atoms with Crippen LogP contribution in [0, 0.1) is 25.7 Å². The van der Waals surface area contributed by atoms with Crippen LogP contribution in [0.1, 0.15) is 81.0 Å². The van der Waals surface area contributed by atoms with Crippen molar-refractivity contribution in [3.8, 4) is 0 Å². The number of ether oxygens (including phenoxy) is 1. The number of hydrogen-bond donors (Lipinski definition) is 1. The number of hydrogen-bond acceptors (Lipinski definition) is 5. The molecule has 1 saturated carbocycles. The van der Waals surface area contributed by atoms with Crippen molar-refractivity contribution in [3.05, 3.63) is 17.0 Å². The van der Waals surface area contributed by atoms with Gasteiger partial charge in [0.05, 0.1) is 12.5 Å². The van der Waals surface area contributed by atoms with E-state index in [1.165, 1.54) is 4.31 Å². The average Bonchev–Trinajstić information content (AvgIpc) is 3.05. The molecule has 0 aromatic carbocycles. The van der Waals surface area contributed by atoms with Crippen LogP contribution in [0.5, 0.6) is 0 Å². The summed E-state index contributed by atoms with van der Waals surface area (Å²) in [7, 11) is -3.97. The van der Waals surface area contributed by atoms with Crippen LogP contribution in [0.3, 0.4) is 0 Å². The van der Waals surface area contributed by atoms with Gasteiger partial charge in [-0.05, 0) is 72.1 Å². The second-order valence-electron chi connectivity index (χ2n) is 9.51. The third-order valence-electron chi connectivity index (χ3n) is 7.24. The SMILES string of the molecule is CCOC(=O)c1c(S(=O)(=O)N2CCC[C@H](C(=O)NC3CCC(C)CC3)C2)c(C)n(CC)c1C. The Morgan fingerprint density at radius 3 is 2.33 bits per heavy atom. The molecule has 1 aliphatic heterocycles. The first-order valence-electron chi connectivity index (χ1n) is 12.3. The standard InChI is InChI=1S/C24H39N3O5S/c1-6-27-17(4)21(24(29)32-7-2)22(18(27)5)33(30,31)26-14-8-9-19(15-26)23(28)25-20-12-10-16(3)11-13-20/h16,19-20H,6-15H2,1-5H3,(H,25,28)/t16?,19-,20?/m0/s1. The van der Waals surface area contributed by atoms with Crippen molar-refractivity contribution in [1.82, 2.24) is 14.2 Å². The van der Waals surface area contributed by atoms with E-state index in [1.807, 2.05) is 11.5 Å². The predicted molar refractivity (Wildman–Crippen MR) is 127 cm³/mol. The lowest BCUT2D eigenvalue weighted by Gasteiger charge is -2.33. The smallest absolute Gasteiger partial charge is 0.341 e. The van der Waals surface area contributed by atoms with Crippen molar-refractivity contribution in [2.24, 2.45) is 11.8 Å². The van der Waals surface area contributed by atoms with Gasteiger partial charge in [-0.3, -0.25) is 4.79 Å². The van der Waals surface area contributed by atoms with E-state index in [0.29, 0.717) is 43.2 Å². The predicted octanol–water partition coefficient (Wildman–Crippen LogP) is 3.40. The van der Waals surface area contributed by atoms with Crippen molar-refractivity contribution in [2.75, 3.05) is 19.7 Å². The van der Waals surface area contributed by atoms with Crippen LogP contribution < -0.4 is 5.32 Å². The van der Waals surface area contributed by atoms with Gasteiger partial charge < -0.3 is 14.6 Å². The molecule has 8 nitrogen and oxygen atoms in total. The van der Waals surface area contributed by atoms with Gasteiger partial charge in [-0.15, -0.1) is 0 Å². The van der Waals surface area contributed by atoms with Crippen LogP contribution in [0.2, 0.25) is 0 Å². The molecule has 0 unspecified atom stereocenters. The number of esters is 1. The minimum absolute atomic E-state index is 0.0163. The Morgan fingerprint density at radius 1 is 1.06 bits per heavy atom. The molecule has 9 heteroatoms. The summed E-state index contributed by atoms with van der Waals surface area (Å²) in [5.74, 6) is -0.362. The van der Waals surface area contributed by atoms with Crippen molar-refractivity contribution < 1.29 is 22.7 Å². The molecule has 33 heavy (non-hydrogen) atoms. The Bertz CT molecular complexity index is 977. The molecule has 2 heterocycles. The largest absolute Gasteiger partial charge is 0.462 e. The van der Waals surface area contributed by atoms with Crippen molar-refractivity contribution >= 4 is 21.9 Å². The number of nitrogens with zero attached hydrogens (tertiary/aromatic N) is 2. The molecular formula is C24H39N3O5S. The third-order valence-corrected chi connectivity index (χ3v) is 9.26. The fraction of sp³-hybridized carbons (Fsp3) is 0.750. The molecule has 2 aliphatic rings. The molecule has 1 aromatic heterocycles. The number of rotatable bonds is 7. The first-order chi connectivity index (χ1) is 15.6. The second-order valence-corrected chi connectivity index (χ2v) is 11.4. The highest BCUT2D eigenvalue weighted by atomic mass is 32.2. The van der Waals surface area contributed by atoms with Gasteiger partial charge in [0.15, 0.2) is 0 Å². The Balaban J connectivity index is 1.84. The lowest BCUT2D eigenvalue weighted by atomic mass is 9.87. The lowest BCUT2D eigenvalue weighted by Crippen LogP contribution is -2.48. The van der Waals surface area contributed by atoms with Crippen LogP contribution in [0.25, 0.3) is 0 Å². The fourth-order valence-corrected chi connectivity index (χ4v) is 7.29. The summed E-state index contributed by atoms with van der Waals surface area (Å²) in [6.45, 7) is 10.5. The highest BCUT2D eigenvalue weighted by Crippen LogP contribution is 2.33. The maximum atomic E-state index is 13.8. The number of sulfonamides is 1. The van der Waals surface area contributed by atoms with Gasteiger partial charge in [0.2, 0.25) is 15.9 Å². The molecule has 1 amide bonds. The van der Waals surface area contributed by atoms with Gasteiger partial charge >= 0.3 is 5.97 Å². The number of carbonyl (C=O) groups excluding carboxylic acids is 2. The molecule has 1 atom stereocenters. The van der Waals surface area contributed by atoms with E-state index in [1.54, 1.807) is 20.8 Å². The van der Waals surface area contributed by atoms with E-state index in [-0.39, 0.29) is 41.5 Å². The number of piperidine rings is 1. The summed E-state index contributed by atoms with van der Waals surface area (Å²) in [4.78, 5) is 25.7. The maximum absolute atomic E-state index is 13.8. The maximum Gasteiger partial charge on any atom is 0.341 e. The van der Waals surface area contributed by atoms with Crippen LogP contribution >= 0.6 is 0 Å². The van der Waals surface area contributed by atoms with Gasteiger partial charge in [0.1, 0.15) is 10.5 Å². The monoisotopic (exact) mass is 481 g/mol. The molecule has 1 saturated heterocycles. The van der Waals surface area contributed by atoms with E-state index < -0.39 is 16.0 Å². The van der Waals surface area contributed by atoms with E-state index in [0.717, 1.165) is 25.7 Å². The van der Waals surface area contributed by atoms with Gasteiger partial charge in [-0.1, -0.05) is 6.92 Å². The Hall–Kier alpha value is -1.87. The molecule has 0 bridgehead atoms. The molecular weight excluding hydrogens is 442 g/mol. The summed E-state index contributed by atoms with van der Waals surface area (Å²) in [5.41, 5.74) is 1.23. The van der Waals surface area contributed by atoms with Gasteiger partial charge in [-0.2, -0.15) is 4.31 Å². The Kier molecular flexibility index (Phi) is 8.26. The fourth-order valence-electron chi connectivity index (χ4n) is 5.32. The van der Waals surface area contributed by atoms with Crippen molar-refractivity contribution in [2.45, 2.75) is 90.6 Å². The Morgan fingerprint density at radius 2 is 1.73 bits per heavy atom. The average molecular weight is 482 g/mol. The van der Waals surface area contributed by atoms with Gasteiger partial charge in [0.25, 0.3) is 0 Å². The zero-order valence-electron chi connectivity index (χ0n) is 20.6. The molecule has 1 aliphatic carbocycles. The van der Waals surface area contributed by atoms with Gasteiger partial charge in [0, 0.05) is 37.1 Å². The number of amides is 1. The summed E-state index contributed by atoms with van der Waals surface area (Å²) >= 11 is 0. The van der Waals surface area contributed by atoms with Crippen LogP contribution in [-0.2, 0) is 26.1 Å². The van der Waals surface area contributed by atoms with Crippen molar-refractivity contribution in [1.29, 1.82) is 0 Å². The lowest BCUT2D eigenvalue weighted by molar-refractivity contribution is -0.127. The highest BCUT2D eigenvalue weighted by Gasteiger charge is 2.39. The summed E-state index contributed by atoms with van der Waals surface area (Å²) in [6.07, 6.45) is 5.46. The van der Waals surface area contributed by atoms with Crippen LogP contribution in [-0.4, -0.2) is 54.9 Å². The molecule has 3 rings (SSSR count). The normalized spacial score (nSPS) is 24.5. The summed E-state index contributed by atoms with van der Waals surface area (Å²) in [5, 5.41) is 3.16. The second kappa shape index (κ2) is 10.6. The first-order valence-corrected chi connectivity index (χ1v) is 13.7. The topological polar surface area (TPSA) is 97.7 Å². The molecule has 1 N–H and O–H groups in total. The summed E-state index contributed by atoms with van der Waals surface area (Å²) in [6, 6.07) is 0.180. The zero-order chi connectivity index (χ0) is 24.3. The minimum atomic E-state index is -3.97. The van der Waals surface area contributed by atoms with E-state index in [4.69, 9.17) is 4.74 Å². The first kappa shape index (κ1) is 25.7. The molecule has 0 radical (unpaired) electrons. The zero-order valence-corrected chi connectivity index (χ0v) is 21.5.